The second-order valence-corrected chi connectivity index (χ2v) is 8.53. The molecule has 1 heterocycles. The van der Waals surface area contributed by atoms with E-state index in [1.54, 1.807) is 23.0 Å². The van der Waals surface area contributed by atoms with Crippen LogP contribution >= 0.6 is 15.9 Å². The van der Waals surface area contributed by atoms with Crippen molar-refractivity contribution >= 4 is 32.8 Å². The van der Waals surface area contributed by atoms with Gasteiger partial charge in [-0.25, -0.2) is 9.07 Å². The average molecular weight is 483 g/mol. The van der Waals surface area contributed by atoms with Gasteiger partial charge in [-0.2, -0.15) is 5.10 Å². The Morgan fingerprint density at radius 2 is 1.84 bits per heavy atom. The maximum Gasteiger partial charge on any atom is 0.315 e. The Morgan fingerprint density at radius 3 is 2.55 bits per heavy atom. The largest absolute Gasteiger partial charge is 0.468 e. The van der Waals surface area contributed by atoms with Crippen LogP contribution in [0.3, 0.4) is 0 Å². The fraction of sp³-hybridized carbons (Fsp3) is 0.167. The highest BCUT2D eigenvalue weighted by molar-refractivity contribution is 9.10. The number of carbonyl (C=O) groups is 1. The van der Waals surface area contributed by atoms with Gasteiger partial charge in [0.15, 0.2) is 0 Å². The minimum absolute atomic E-state index is 0.312. The van der Waals surface area contributed by atoms with Gasteiger partial charge in [-0.15, -0.1) is 0 Å². The molecule has 0 aliphatic carbocycles. The van der Waals surface area contributed by atoms with Gasteiger partial charge >= 0.3 is 5.97 Å². The summed E-state index contributed by atoms with van der Waals surface area (Å²) in [4.78, 5) is 12.2. The van der Waals surface area contributed by atoms with Crippen LogP contribution in [-0.2, 0) is 14.9 Å². The van der Waals surface area contributed by atoms with E-state index < -0.39 is 5.41 Å². The van der Waals surface area contributed by atoms with Crippen molar-refractivity contribution in [3.05, 3.63) is 82.7 Å². The monoisotopic (exact) mass is 482 g/mol. The van der Waals surface area contributed by atoms with Crippen LogP contribution < -0.4 is 4.74 Å². The second kappa shape index (κ2) is 8.15. The van der Waals surface area contributed by atoms with E-state index in [2.05, 4.69) is 21.0 Å². The van der Waals surface area contributed by atoms with Crippen LogP contribution in [0.1, 0.15) is 19.4 Å². The van der Waals surface area contributed by atoms with Crippen molar-refractivity contribution in [3.63, 3.8) is 0 Å². The maximum absolute atomic E-state index is 13.2. The minimum Gasteiger partial charge on any atom is -0.468 e. The predicted molar refractivity (Wildman–Crippen MR) is 120 cm³/mol. The zero-order chi connectivity index (χ0) is 22.2. The number of halogens is 2. The van der Waals surface area contributed by atoms with Crippen molar-refractivity contribution in [3.8, 4) is 17.2 Å². The van der Waals surface area contributed by atoms with Crippen LogP contribution in [0, 0.1) is 5.82 Å². The van der Waals surface area contributed by atoms with Crippen molar-refractivity contribution in [2.75, 3.05) is 7.11 Å². The summed E-state index contributed by atoms with van der Waals surface area (Å²) >= 11 is 3.53. The van der Waals surface area contributed by atoms with Crippen LogP contribution in [0.2, 0.25) is 0 Å². The maximum atomic E-state index is 13.2. The molecule has 158 valence electrons. The first-order valence-electron chi connectivity index (χ1n) is 9.59. The molecular weight excluding hydrogens is 463 g/mol. The summed E-state index contributed by atoms with van der Waals surface area (Å²) in [5.74, 6) is 0.477. The Hall–Kier alpha value is -3.19. The zero-order valence-electron chi connectivity index (χ0n) is 17.2. The minimum atomic E-state index is -0.800. The van der Waals surface area contributed by atoms with Gasteiger partial charge in [0.05, 0.1) is 35.3 Å². The summed E-state index contributed by atoms with van der Waals surface area (Å²) in [6.45, 7) is 3.65. The molecule has 0 aliphatic rings. The lowest BCUT2D eigenvalue weighted by atomic mass is 9.84. The van der Waals surface area contributed by atoms with E-state index in [1.165, 1.54) is 19.2 Å². The van der Waals surface area contributed by atoms with Gasteiger partial charge in [-0.1, -0.05) is 28.1 Å². The first-order chi connectivity index (χ1) is 14.8. The quantitative estimate of drug-likeness (QED) is 0.319. The average Bonchev–Trinajstić information content (AvgIpc) is 3.18. The van der Waals surface area contributed by atoms with Crippen LogP contribution in [0.15, 0.2) is 71.3 Å². The molecule has 0 saturated carbocycles. The van der Waals surface area contributed by atoms with Gasteiger partial charge in [-0.05, 0) is 67.9 Å². The van der Waals surface area contributed by atoms with E-state index in [0.717, 1.165) is 26.6 Å². The Morgan fingerprint density at radius 1 is 1.10 bits per heavy atom. The van der Waals surface area contributed by atoms with Gasteiger partial charge in [0.2, 0.25) is 0 Å². The number of carbonyl (C=O) groups excluding carboxylic acids is 1. The van der Waals surface area contributed by atoms with E-state index >= 15 is 0 Å². The number of rotatable bonds is 5. The van der Waals surface area contributed by atoms with Crippen molar-refractivity contribution in [2.45, 2.75) is 19.3 Å². The number of methoxy groups -OCH3 is 1. The highest BCUT2D eigenvalue weighted by atomic mass is 79.9. The lowest BCUT2D eigenvalue weighted by Gasteiger charge is -2.22. The standard InChI is InChI=1S/C24H20BrFN2O3/c1-24(2,23(29)30-3)15-5-4-6-18(11-15)28-21-12-16(25)13-22(20(21)14-27-28)31-19-9-7-17(26)8-10-19/h4-14H,1-3H3. The number of nitrogens with zero attached hydrogens (tertiary/aromatic N) is 2. The Balaban J connectivity index is 1.78. The molecule has 5 nitrogen and oxygen atoms in total. The third-order valence-electron chi connectivity index (χ3n) is 5.17. The normalized spacial score (nSPS) is 11.5. The molecule has 1 aromatic heterocycles. The molecule has 0 amide bonds. The molecule has 7 heteroatoms. The van der Waals surface area contributed by atoms with Gasteiger partial charge in [0, 0.05) is 4.47 Å². The highest BCUT2D eigenvalue weighted by Gasteiger charge is 2.31. The van der Waals surface area contributed by atoms with Crippen LogP contribution in [0.4, 0.5) is 4.39 Å². The SMILES string of the molecule is COC(=O)C(C)(C)c1cccc(-n2ncc3c(Oc4ccc(F)cc4)cc(Br)cc32)c1. The molecular formula is C24H20BrFN2O3. The fourth-order valence-electron chi connectivity index (χ4n) is 3.38. The summed E-state index contributed by atoms with van der Waals surface area (Å²) in [6.07, 6.45) is 1.72. The molecule has 0 aliphatic heterocycles. The van der Waals surface area contributed by atoms with Gasteiger partial charge < -0.3 is 9.47 Å². The molecule has 0 spiro atoms. The number of hydrogen-bond donors (Lipinski definition) is 0. The van der Waals surface area contributed by atoms with Gasteiger partial charge in [-0.3, -0.25) is 4.79 Å². The first-order valence-corrected chi connectivity index (χ1v) is 10.4. The van der Waals surface area contributed by atoms with Crippen molar-refractivity contribution < 1.29 is 18.7 Å². The smallest absolute Gasteiger partial charge is 0.315 e. The molecule has 0 saturated heterocycles. The lowest BCUT2D eigenvalue weighted by molar-refractivity contribution is -0.146. The first kappa shape index (κ1) is 21.1. The summed E-state index contributed by atoms with van der Waals surface area (Å²) in [5, 5.41) is 5.35. The van der Waals surface area contributed by atoms with Crippen LogP contribution in [-0.4, -0.2) is 22.9 Å². The molecule has 0 unspecified atom stereocenters. The molecule has 0 bridgehead atoms. The lowest BCUT2D eigenvalue weighted by Crippen LogP contribution is -2.30. The number of aromatic nitrogens is 2. The number of esters is 1. The van der Waals surface area contributed by atoms with Crippen molar-refractivity contribution in [2.24, 2.45) is 0 Å². The molecule has 0 radical (unpaired) electrons. The number of hydrogen-bond acceptors (Lipinski definition) is 4. The molecule has 0 N–H and O–H groups in total. The Bertz CT molecular complexity index is 1270. The van der Waals surface area contributed by atoms with E-state index in [-0.39, 0.29) is 11.8 Å². The Kier molecular flexibility index (Phi) is 5.54. The van der Waals surface area contributed by atoms with Crippen molar-refractivity contribution in [1.29, 1.82) is 0 Å². The third-order valence-corrected chi connectivity index (χ3v) is 5.62. The fourth-order valence-corrected chi connectivity index (χ4v) is 3.81. The molecule has 4 rings (SSSR count). The van der Waals surface area contributed by atoms with Gasteiger partial charge in [0.25, 0.3) is 0 Å². The topological polar surface area (TPSA) is 53.4 Å². The predicted octanol–water partition coefficient (Wildman–Crippen LogP) is 6.17. The molecule has 0 atom stereocenters. The number of ether oxygens (including phenoxy) is 2. The van der Waals surface area contributed by atoms with E-state index in [1.807, 2.05) is 50.2 Å². The molecule has 31 heavy (non-hydrogen) atoms. The van der Waals surface area contributed by atoms with E-state index in [0.29, 0.717) is 11.5 Å². The molecule has 3 aromatic carbocycles. The summed E-state index contributed by atoms with van der Waals surface area (Å²) in [7, 11) is 1.38. The molecule has 0 fully saturated rings. The van der Waals surface area contributed by atoms with Crippen molar-refractivity contribution in [1.82, 2.24) is 9.78 Å². The van der Waals surface area contributed by atoms with Gasteiger partial charge in [0.1, 0.15) is 17.3 Å². The van der Waals surface area contributed by atoms with Crippen LogP contribution in [0.5, 0.6) is 11.5 Å². The van der Waals surface area contributed by atoms with Crippen LogP contribution in [0.25, 0.3) is 16.6 Å². The summed E-state index contributed by atoms with van der Waals surface area (Å²) < 4.78 is 26.8. The second-order valence-electron chi connectivity index (χ2n) is 7.62. The number of fused-ring (bicyclic) bond motifs is 1. The third kappa shape index (κ3) is 4.05. The molecule has 4 aromatic rings. The Labute approximate surface area is 187 Å². The number of benzene rings is 3. The summed E-state index contributed by atoms with van der Waals surface area (Å²) in [6, 6.07) is 17.3. The van der Waals surface area contributed by atoms with E-state index in [4.69, 9.17) is 9.47 Å². The highest BCUT2D eigenvalue weighted by Crippen LogP contribution is 2.35. The summed E-state index contributed by atoms with van der Waals surface area (Å²) in [5.41, 5.74) is 1.64. The zero-order valence-corrected chi connectivity index (χ0v) is 18.8. The van der Waals surface area contributed by atoms with E-state index in [9.17, 15) is 9.18 Å².